The molecule has 0 bridgehead atoms. The number of aliphatic imine (C=N–C) groups is 1. The number of benzene rings is 2. The summed E-state index contributed by atoms with van der Waals surface area (Å²) in [6, 6.07) is 10.8. The second kappa shape index (κ2) is 8.26. The summed E-state index contributed by atoms with van der Waals surface area (Å²) in [5.74, 6) is -0.324. The van der Waals surface area contributed by atoms with Gasteiger partial charge in [0, 0.05) is 5.56 Å². The zero-order chi connectivity index (χ0) is 23.8. The monoisotopic (exact) mass is 441 g/mol. The summed E-state index contributed by atoms with van der Waals surface area (Å²) in [7, 11) is 0. The molecule has 0 atom stereocenters. The Morgan fingerprint density at radius 2 is 1.38 bits per heavy atom. The van der Waals surface area contributed by atoms with Gasteiger partial charge in [-0.15, -0.1) is 0 Å². The van der Waals surface area contributed by atoms with Gasteiger partial charge in [0.1, 0.15) is 17.0 Å². The summed E-state index contributed by atoms with van der Waals surface area (Å²) >= 11 is 0. The van der Waals surface area contributed by atoms with Crippen LogP contribution in [0.15, 0.2) is 47.5 Å². The van der Waals surface area contributed by atoms with Crippen LogP contribution in [-0.2, 0) is 9.47 Å². The van der Waals surface area contributed by atoms with E-state index in [-0.39, 0.29) is 5.84 Å². The van der Waals surface area contributed by atoms with Crippen molar-refractivity contribution in [3.05, 3.63) is 59.4 Å². The Bertz CT molecular complexity index is 1070. The minimum atomic E-state index is -0.836. The molecule has 0 saturated heterocycles. The quantitative estimate of drug-likeness (QED) is 0.534. The van der Waals surface area contributed by atoms with Gasteiger partial charge >= 0.3 is 12.2 Å². The zero-order valence-corrected chi connectivity index (χ0v) is 19.4. The minimum absolute atomic E-state index is 0.112. The van der Waals surface area contributed by atoms with Gasteiger partial charge in [0.25, 0.3) is 0 Å². The Morgan fingerprint density at radius 1 is 0.844 bits per heavy atom. The van der Waals surface area contributed by atoms with Crippen LogP contribution in [-0.4, -0.2) is 34.2 Å². The van der Waals surface area contributed by atoms with Crippen molar-refractivity contribution in [3.63, 3.8) is 0 Å². The third-order valence-corrected chi connectivity index (χ3v) is 4.22. The van der Waals surface area contributed by atoms with Gasteiger partial charge in [-0.1, -0.05) is 6.07 Å². The first kappa shape index (κ1) is 23.2. The van der Waals surface area contributed by atoms with Gasteiger partial charge in [-0.2, -0.15) is 10.0 Å². The van der Waals surface area contributed by atoms with Crippen LogP contribution >= 0.6 is 0 Å². The lowest BCUT2D eigenvalue weighted by Crippen LogP contribution is -2.57. The molecule has 3 rings (SSSR count). The van der Waals surface area contributed by atoms with Crippen LogP contribution in [0.25, 0.3) is 0 Å². The number of carbonyl (C=O) groups excluding carboxylic acids is 2. The van der Waals surface area contributed by atoms with E-state index in [1.165, 1.54) is 24.3 Å². The van der Waals surface area contributed by atoms with Crippen molar-refractivity contribution in [1.82, 2.24) is 5.01 Å². The van der Waals surface area contributed by atoms with E-state index in [2.05, 4.69) is 4.99 Å². The molecule has 0 N–H and O–H groups in total. The number of amidine groups is 1. The molecule has 7 nitrogen and oxygen atoms in total. The number of hydrogen-bond donors (Lipinski definition) is 0. The molecule has 0 radical (unpaired) electrons. The fraction of sp³-hybridized carbons (Fsp3) is 0.375. The van der Waals surface area contributed by atoms with Crippen LogP contribution in [0.4, 0.5) is 25.4 Å². The molecule has 32 heavy (non-hydrogen) atoms. The number of halogens is 1. The first-order valence-corrected chi connectivity index (χ1v) is 10.3. The summed E-state index contributed by atoms with van der Waals surface area (Å²) < 4.78 is 24.8. The van der Waals surface area contributed by atoms with Crippen molar-refractivity contribution in [2.24, 2.45) is 4.99 Å². The molecule has 2 aromatic carbocycles. The molecule has 0 saturated carbocycles. The van der Waals surface area contributed by atoms with Crippen molar-refractivity contribution in [3.8, 4) is 0 Å². The molecule has 8 heteroatoms. The van der Waals surface area contributed by atoms with Crippen LogP contribution in [0.5, 0.6) is 0 Å². The molecule has 0 aliphatic carbocycles. The van der Waals surface area contributed by atoms with Crippen LogP contribution in [0.1, 0.15) is 52.7 Å². The normalized spacial score (nSPS) is 13.9. The van der Waals surface area contributed by atoms with E-state index in [4.69, 9.17) is 9.47 Å². The van der Waals surface area contributed by atoms with Crippen molar-refractivity contribution < 1.29 is 23.5 Å². The van der Waals surface area contributed by atoms with Gasteiger partial charge in [-0.05, 0) is 90.4 Å². The number of anilines is 1. The summed E-state index contributed by atoms with van der Waals surface area (Å²) in [5.41, 5.74) is 0.471. The molecule has 0 spiro atoms. The molecule has 0 aromatic heterocycles. The second-order valence-corrected chi connectivity index (χ2v) is 9.52. The number of ether oxygens (including phenoxy) is 2. The van der Waals surface area contributed by atoms with E-state index < -0.39 is 29.2 Å². The predicted molar refractivity (Wildman–Crippen MR) is 121 cm³/mol. The van der Waals surface area contributed by atoms with E-state index in [1.54, 1.807) is 53.7 Å². The minimum Gasteiger partial charge on any atom is -0.442 e. The van der Waals surface area contributed by atoms with Gasteiger partial charge < -0.3 is 9.47 Å². The number of hydrazine groups is 1. The topological polar surface area (TPSA) is 71.4 Å². The fourth-order valence-electron chi connectivity index (χ4n) is 3.01. The average molecular weight is 442 g/mol. The summed E-state index contributed by atoms with van der Waals surface area (Å²) in [5, 5.41) is 2.15. The fourth-order valence-corrected chi connectivity index (χ4v) is 3.01. The van der Waals surface area contributed by atoms with Crippen LogP contribution < -0.4 is 5.01 Å². The molecule has 0 unspecified atom stereocenters. The van der Waals surface area contributed by atoms with Crippen molar-refractivity contribution in [2.45, 2.75) is 59.7 Å². The van der Waals surface area contributed by atoms with E-state index in [0.717, 1.165) is 15.6 Å². The SMILES string of the molecule is Cc1ccc2c(c1)N(C(=O)OC(C)(C)C)N(C(=O)OC(C)(C)C)C(c1ccc(F)cc1)=N2. The maximum Gasteiger partial charge on any atom is 0.436 e. The lowest BCUT2D eigenvalue weighted by atomic mass is 10.1. The number of carbonyl (C=O) groups is 2. The van der Waals surface area contributed by atoms with E-state index in [9.17, 15) is 14.0 Å². The number of nitrogens with zero attached hydrogens (tertiary/aromatic N) is 3. The van der Waals surface area contributed by atoms with Gasteiger partial charge in [-0.3, -0.25) is 0 Å². The van der Waals surface area contributed by atoms with E-state index in [1.807, 2.05) is 13.0 Å². The van der Waals surface area contributed by atoms with Crippen molar-refractivity contribution in [1.29, 1.82) is 0 Å². The third kappa shape index (κ3) is 5.25. The van der Waals surface area contributed by atoms with Crippen LogP contribution in [0.2, 0.25) is 0 Å². The molecular weight excluding hydrogens is 413 g/mol. The summed E-state index contributed by atoms with van der Waals surface area (Å²) in [4.78, 5) is 31.3. The second-order valence-electron chi connectivity index (χ2n) is 9.52. The summed E-state index contributed by atoms with van der Waals surface area (Å²) in [6.07, 6.45) is -1.59. The molecule has 2 aromatic rings. The van der Waals surface area contributed by atoms with Crippen LogP contribution in [0.3, 0.4) is 0 Å². The average Bonchev–Trinajstić information content (AvgIpc) is 2.64. The largest absolute Gasteiger partial charge is 0.442 e. The number of amides is 2. The van der Waals surface area contributed by atoms with E-state index in [0.29, 0.717) is 16.9 Å². The predicted octanol–water partition coefficient (Wildman–Crippen LogP) is 6.12. The Hall–Kier alpha value is -3.42. The number of aryl methyl sites for hydroxylation is 1. The lowest BCUT2D eigenvalue weighted by Gasteiger charge is -2.39. The maximum atomic E-state index is 13.6. The lowest BCUT2D eigenvalue weighted by molar-refractivity contribution is 0.0256. The highest BCUT2D eigenvalue weighted by atomic mass is 19.1. The number of fused-ring (bicyclic) bond motifs is 1. The number of hydrogen-bond acceptors (Lipinski definition) is 5. The standard InChI is InChI=1S/C24H28FN3O4/c1-15-8-13-18-19(14-15)27(21(29)31-23(2,3)4)28(22(30)32-24(5,6)7)20(26-18)16-9-11-17(25)12-10-16/h8-14H,1-7H3. The number of rotatable bonds is 1. The highest BCUT2D eigenvalue weighted by Gasteiger charge is 2.41. The van der Waals surface area contributed by atoms with Crippen molar-refractivity contribution >= 4 is 29.4 Å². The Kier molecular flexibility index (Phi) is 6.00. The first-order chi connectivity index (χ1) is 14.7. The zero-order valence-electron chi connectivity index (χ0n) is 19.4. The Morgan fingerprint density at radius 3 is 1.91 bits per heavy atom. The molecular formula is C24H28FN3O4. The molecule has 1 heterocycles. The third-order valence-electron chi connectivity index (χ3n) is 4.22. The van der Waals surface area contributed by atoms with Gasteiger partial charge in [0.15, 0.2) is 5.84 Å². The molecule has 1 aliphatic heterocycles. The molecule has 0 fully saturated rings. The first-order valence-electron chi connectivity index (χ1n) is 10.3. The molecule has 170 valence electrons. The van der Waals surface area contributed by atoms with E-state index >= 15 is 0 Å². The molecule has 2 amide bonds. The van der Waals surface area contributed by atoms with Gasteiger partial charge in [0.2, 0.25) is 0 Å². The Balaban J connectivity index is 2.23. The Labute approximate surface area is 187 Å². The van der Waals surface area contributed by atoms with Gasteiger partial charge in [-0.25, -0.2) is 19.0 Å². The maximum absolute atomic E-state index is 13.6. The summed E-state index contributed by atoms with van der Waals surface area (Å²) in [6.45, 7) is 12.2. The smallest absolute Gasteiger partial charge is 0.436 e. The van der Waals surface area contributed by atoms with Crippen LogP contribution in [0, 0.1) is 12.7 Å². The highest BCUT2D eigenvalue weighted by Crippen LogP contribution is 2.38. The van der Waals surface area contributed by atoms with Gasteiger partial charge in [0.05, 0.1) is 11.4 Å². The highest BCUT2D eigenvalue weighted by molar-refractivity contribution is 6.14. The van der Waals surface area contributed by atoms with Crippen molar-refractivity contribution in [2.75, 3.05) is 5.01 Å². The molecule has 1 aliphatic rings.